The predicted molar refractivity (Wildman–Crippen MR) is 118 cm³/mol. The van der Waals surface area contributed by atoms with E-state index >= 15 is 0 Å². The molecule has 146 valence electrons. The molecule has 0 radical (unpaired) electrons. The zero-order valence-corrected chi connectivity index (χ0v) is 17.4. The van der Waals surface area contributed by atoms with E-state index in [1.165, 1.54) is 23.0 Å². The van der Waals surface area contributed by atoms with E-state index in [9.17, 15) is 4.79 Å². The van der Waals surface area contributed by atoms with E-state index in [-0.39, 0.29) is 5.91 Å². The monoisotopic (exact) mass is 443 g/mol. The Morgan fingerprint density at radius 2 is 2.00 bits per heavy atom. The van der Waals surface area contributed by atoms with Crippen molar-refractivity contribution < 1.29 is 4.79 Å². The van der Waals surface area contributed by atoms with E-state index in [0.717, 1.165) is 18.7 Å². The van der Waals surface area contributed by atoms with Crippen LogP contribution < -0.4 is 15.5 Å². The summed E-state index contributed by atoms with van der Waals surface area (Å²) in [6.45, 7) is 0.957. The number of halogens is 2. The number of benzene rings is 2. The molecule has 2 aliphatic heterocycles. The van der Waals surface area contributed by atoms with Crippen LogP contribution in [0.2, 0.25) is 10.0 Å². The highest BCUT2D eigenvalue weighted by Crippen LogP contribution is 2.39. The van der Waals surface area contributed by atoms with E-state index in [2.05, 4.69) is 26.7 Å². The second-order valence-corrected chi connectivity index (χ2v) is 8.41. The lowest BCUT2D eigenvalue weighted by Gasteiger charge is -2.28. The molecule has 0 saturated carbocycles. The third-order valence-electron chi connectivity index (χ3n) is 4.84. The summed E-state index contributed by atoms with van der Waals surface area (Å²) < 4.78 is 0. The summed E-state index contributed by atoms with van der Waals surface area (Å²) in [5.41, 5.74) is 4.30. The normalized spacial score (nSPS) is 15.0. The molecule has 1 aromatic heterocycles. The fraction of sp³-hybridized carbons (Fsp3) is 0.150. The van der Waals surface area contributed by atoms with Crippen LogP contribution in [0, 0.1) is 0 Å². The number of carbonyl (C=O) groups excluding carboxylic acids is 1. The van der Waals surface area contributed by atoms with Gasteiger partial charge >= 0.3 is 0 Å². The first-order valence-electron chi connectivity index (χ1n) is 9.00. The van der Waals surface area contributed by atoms with Crippen molar-refractivity contribution >= 4 is 63.9 Å². The lowest BCUT2D eigenvalue weighted by atomic mass is 10.1. The molecule has 9 heteroatoms. The van der Waals surface area contributed by atoms with Crippen LogP contribution in [0.3, 0.4) is 0 Å². The highest BCUT2D eigenvalue weighted by Gasteiger charge is 2.30. The van der Waals surface area contributed by atoms with Crippen molar-refractivity contribution in [2.24, 2.45) is 0 Å². The maximum atomic E-state index is 13.0. The lowest BCUT2D eigenvalue weighted by Crippen LogP contribution is -2.35. The molecule has 1 amide bonds. The van der Waals surface area contributed by atoms with Crippen LogP contribution in [0.1, 0.15) is 15.9 Å². The summed E-state index contributed by atoms with van der Waals surface area (Å²) in [5.74, 6) is 0.610. The van der Waals surface area contributed by atoms with Crippen molar-refractivity contribution in [3.05, 3.63) is 63.8 Å². The number of rotatable bonds is 3. The van der Waals surface area contributed by atoms with Gasteiger partial charge in [0.1, 0.15) is 5.03 Å². The van der Waals surface area contributed by atoms with E-state index in [4.69, 9.17) is 23.2 Å². The van der Waals surface area contributed by atoms with Crippen LogP contribution in [0.25, 0.3) is 0 Å². The van der Waals surface area contributed by atoms with Crippen molar-refractivity contribution in [3.63, 3.8) is 0 Å². The fourth-order valence-corrected chi connectivity index (χ4v) is 4.98. The Bertz CT molecular complexity index is 1120. The first-order valence-corrected chi connectivity index (χ1v) is 10.7. The standard InChI is InChI=1S/C20H15Cl2N5OS/c21-14-2-1-3-15(22)17(14)27-10-29-18-13(19(27)28)9-24-20(26-18)25-12-4-5-16-11(8-12)6-7-23-16/h1-5,8-9,23H,6-7,10H2,(H,24,25,26). The molecule has 0 fully saturated rings. The maximum Gasteiger partial charge on any atom is 0.263 e. The van der Waals surface area contributed by atoms with Gasteiger partial charge in [0.05, 0.1) is 27.2 Å². The zero-order chi connectivity index (χ0) is 20.0. The van der Waals surface area contributed by atoms with Gasteiger partial charge in [-0.3, -0.25) is 9.69 Å². The van der Waals surface area contributed by atoms with Crippen LogP contribution in [-0.4, -0.2) is 28.3 Å². The molecule has 2 aliphatic rings. The fourth-order valence-electron chi connectivity index (χ4n) is 3.44. The topological polar surface area (TPSA) is 70.1 Å². The van der Waals surface area contributed by atoms with Crippen LogP contribution in [-0.2, 0) is 6.42 Å². The molecule has 3 heterocycles. The molecule has 2 aromatic carbocycles. The Labute approximate surface area is 181 Å². The Kier molecular flexibility index (Phi) is 4.73. The van der Waals surface area contributed by atoms with E-state index in [1.54, 1.807) is 29.3 Å². The Morgan fingerprint density at radius 3 is 2.83 bits per heavy atom. The van der Waals surface area contributed by atoms with Gasteiger partial charge in [-0.15, -0.1) is 0 Å². The van der Waals surface area contributed by atoms with E-state index in [0.29, 0.717) is 38.1 Å². The first kappa shape index (κ1) is 18.5. The average molecular weight is 444 g/mol. The third-order valence-corrected chi connectivity index (χ3v) is 6.42. The van der Waals surface area contributed by atoms with Crippen molar-refractivity contribution in [3.8, 4) is 0 Å². The van der Waals surface area contributed by atoms with Gasteiger partial charge in [0.25, 0.3) is 5.91 Å². The van der Waals surface area contributed by atoms with Crippen LogP contribution in [0.4, 0.5) is 23.0 Å². The number of hydrogen-bond donors (Lipinski definition) is 2. The van der Waals surface area contributed by atoms with Gasteiger partial charge < -0.3 is 10.6 Å². The molecule has 0 aliphatic carbocycles. The van der Waals surface area contributed by atoms with Crippen LogP contribution in [0.5, 0.6) is 0 Å². The first-order chi connectivity index (χ1) is 14.1. The van der Waals surface area contributed by atoms with Gasteiger partial charge in [0, 0.05) is 24.1 Å². The van der Waals surface area contributed by atoms with Crippen molar-refractivity contribution in [2.75, 3.05) is 28.0 Å². The summed E-state index contributed by atoms with van der Waals surface area (Å²) in [6.07, 6.45) is 2.55. The van der Waals surface area contributed by atoms with Gasteiger partial charge in [0.15, 0.2) is 0 Å². The van der Waals surface area contributed by atoms with Crippen LogP contribution >= 0.6 is 35.0 Å². The Hall–Kier alpha value is -2.48. The Balaban J connectivity index is 1.41. The summed E-state index contributed by atoms with van der Waals surface area (Å²) in [7, 11) is 0. The number of para-hydroxylation sites is 1. The van der Waals surface area contributed by atoms with Crippen molar-refractivity contribution in [1.82, 2.24) is 9.97 Å². The number of hydrogen-bond acceptors (Lipinski definition) is 6. The predicted octanol–water partition coefficient (Wildman–Crippen LogP) is 5.21. The lowest BCUT2D eigenvalue weighted by molar-refractivity contribution is 0.0985. The van der Waals surface area contributed by atoms with E-state index < -0.39 is 0 Å². The van der Waals surface area contributed by atoms with Crippen molar-refractivity contribution in [1.29, 1.82) is 0 Å². The second kappa shape index (κ2) is 7.40. The van der Waals surface area contributed by atoms with Gasteiger partial charge in [-0.2, -0.15) is 0 Å². The number of anilines is 4. The number of amides is 1. The third kappa shape index (κ3) is 3.39. The summed E-state index contributed by atoms with van der Waals surface area (Å²) in [6, 6.07) is 11.3. The minimum Gasteiger partial charge on any atom is -0.384 e. The molecule has 0 atom stereocenters. The number of fused-ring (bicyclic) bond motifs is 2. The van der Waals surface area contributed by atoms with E-state index in [1.807, 2.05) is 12.1 Å². The maximum absolute atomic E-state index is 13.0. The quantitative estimate of drug-likeness (QED) is 0.541. The molecular formula is C20H15Cl2N5OS. The zero-order valence-electron chi connectivity index (χ0n) is 15.1. The minimum absolute atomic E-state index is 0.219. The second-order valence-electron chi connectivity index (χ2n) is 6.66. The molecule has 29 heavy (non-hydrogen) atoms. The number of thioether (sulfide) groups is 1. The molecular weight excluding hydrogens is 429 g/mol. The highest BCUT2D eigenvalue weighted by molar-refractivity contribution is 7.99. The minimum atomic E-state index is -0.219. The highest BCUT2D eigenvalue weighted by atomic mass is 35.5. The van der Waals surface area contributed by atoms with Gasteiger partial charge in [-0.05, 0) is 42.3 Å². The smallest absolute Gasteiger partial charge is 0.263 e. The molecule has 3 aromatic rings. The molecule has 0 saturated heterocycles. The van der Waals surface area contributed by atoms with Gasteiger partial charge in [0.2, 0.25) is 5.95 Å². The molecule has 2 N–H and O–H groups in total. The number of nitrogens with zero attached hydrogens (tertiary/aromatic N) is 3. The van der Waals surface area contributed by atoms with Gasteiger partial charge in [-0.25, -0.2) is 9.97 Å². The Morgan fingerprint density at radius 1 is 1.17 bits per heavy atom. The SMILES string of the molecule is O=C1c2cnc(Nc3ccc4c(c3)CCN4)nc2SCN1c1c(Cl)cccc1Cl. The summed E-state index contributed by atoms with van der Waals surface area (Å²) in [5, 5.41) is 8.06. The number of aromatic nitrogens is 2. The number of nitrogens with one attached hydrogen (secondary N) is 2. The van der Waals surface area contributed by atoms with Crippen LogP contribution in [0.15, 0.2) is 47.6 Å². The largest absolute Gasteiger partial charge is 0.384 e. The number of carbonyl (C=O) groups is 1. The van der Waals surface area contributed by atoms with Gasteiger partial charge in [-0.1, -0.05) is 41.0 Å². The molecule has 6 nitrogen and oxygen atoms in total. The summed E-state index contributed by atoms with van der Waals surface area (Å²) >= 11 is 14.0. The van der Waals surface area contributed by atoms with Crippen molar-refractivity contribution in [2.45, 2.75) is 11.4 Å². The molecule has 0 spiro atoms. The molecule has 5 rings (SSSR count). The molecule has 0 bridgehead atoms. The molecule has 0 unspecified atom stereocenters. The summed E-state index contributed by atoms with van der Waals surface area (Å²) in [4.78, 5) is 23.4. The average Bonchev–Trinajstić information content (AvgIpc) is 3.17.